The van der Waals surface area contributed by atoms with Crippen molar-refractivity contribution in [1.29, 1.82) is 0 Å². The van der Waals surface area contributed by atoms with Gasteiger partial charge in [0.05, 0.1) is 12.8 Å². The summed E-state index contributed by atoms with van der Waals surface area (Å²) < 4.78 is 7.13. The Morgan fingerprint density at radius 1 is 1.14 bits per heavy atom. The van der Waals surface area contributed by atoms with Crippen LogP contribution in [0.15, 0.2) is 54.9 Å². The van der Waals surface area contributed by atoms with Crippen molar-refractivity contribution < 1.29 is 4.74 Å². The van der Waals surface area contributed by atoms with Gasteiger partial charge in [0.25, 0.3) is 0 Å². The molecule has 106 valence electrons. The van der Waals surface area contributed by atoms with Crippen molar-refractivity contribution in [3.05, 3.63) is 54.9 Å². The van der Waals surface area contributed by atoms with Gasteiger partial charge in [0, 0.05) is 23.5 Å². The van der Waals surface area contributed by atoms with Crippen LogP contribution in [0.25, 0.3) is 16.9 Å². The molecule has 0 unspecified atom stereocenters. The molecular weight excluding hydrogens is 264 g/mol. The highest BCUT2D eigenvalue weighted by molar-refractivity contribution is 5.66. The zero-order valence-corrected chi connectivity index (χ0v) is 11.7. The van der Waals surface area contributed by atoms with Gasteiger partial charge in [-0.05, 0) is 30.7 Å². The number of nitrogens with two attached hydrogens (primary N) is 1. The van der Waals surface area contributed by atoms with Gasteiger partial charge in [-0.3, -0.25) is 0 Å². The number of ether oxygens (including phenoxy) is 1. The summed E-state index contributed by atoms with van der Waals surface area (Å²) >= 11 is 0. The Kier molecular flexibility index (Phi) is 3.55. The summed E-state index contributed by atoms with van der Waals surface area (Å²) in [4.78, 5) is 4.41. The van der Waals surface area contributed by atoms with Crippen molar-refractivity contribution >= 4 is 5.69 Å². The molecule has 0 spiro atoms. The smallest absolute Gasteiger partial charge is 0.215 e. The Balaban J connectivity index is 1.93. The third kappa shape index (κ3) is 2.86. The average molecular weight is 280 g/mol. The Hall–Kier alpha value is -2.82. The van der Waals surface area contributed by atoms with E-state index in [1.165, 1.54) is 0 Å². The van der Waals surface area contributed by atoms with Gasteiger partial charge < -0.3 is 10.5 Å². The second-order valence-corrected chi connectivity index (χ2v) is 4.57. The van der Waals surface area contributed by atoms with E-state index in [9.17, 15) is 0 Å². The Labute approximate surface area is 123 Å². The molecule has 0 saturated heterocycles. The molecule has 5 heteroatoms. The molecule has 0 aliphatic rings. The van der Waals surface area contributed by atoms with E-state index in [0.717, 1.165) is 22.6 Å². The number of rotatable bonds is 4. The summed E-state index contributed by atoms with van der Waals surface area (Å²) in [5, 5.41) is 4.35. The van der Waals surface area contributed by atoms with Crippen LogP contribution in [-0.4, -0.2) is 21.4 Å². The summed E-state index contributed by atoms with van der Waals surface area (Å²) in [5.41, 5.74) is 8.57. The minimum Gasteiger partial charge on any atom is -0.478 e. The molecule has 0 aliphatic carbocycles. The maximum Gasteiger partial charge on any atom is 0.215 e. The van der Waals surface area contributed by atoms with Crippen molar-refractivity contribution in [2.75, 3.05) is 12.3 Å². The van der Waals surface area contributed by atoms with E-state index in [1.807, 2.05) is 55.6 Å². The highest BCUT2D eigenvalue weighted by atomic mass is 16.5. The van der Waals surface area contributed by atoms with Gasteiger partial charge in [-0.1, -0.05) is 18.2 Å². The Morgan fingerprint density at radius 2 is 2.00 bits per heavy atom. The molecule has 1 aromatic carbocycles. The molecule has 0 aliphatic heterocycles. The fourth-order valence-electron chi connectivity index (χ4n) is 2.08. The molecule has 0 amide bonds. The first-order valence-corrected chi connectivity index (χ1v) is 6.77. The van der Waals surface area contributed by atoms with Crippen molar-refractivity contribution in [1.82, 2.24) is 14.8 Å². The van der Waals surface area contributed by atoms with Gasteiger partial charge in [0.15, 0.2) is 5.82 Å². The van der Waals surface area contributed by atoms with E-state index < -0.39 is 0 Å². The predicted molar refractivity (Wildman–Crippen MR) is 82.4 cm³/mol. The van der Waals surface area contributed by atoms with E-state index in [-0.39, 0.29) is 0 Å². The van der Waals surface area contributed by atoms with Crippen molar-refractivity contribution in [2.24, 2.45) is 0 Å². The summed E-state index contributed by atoms with van der Waals surface area (Å²) in [6.45, 7) is 2.52. The van der Waals surface area contributed by atoms with Crippen LogP contribution in [0.2, 0.25) is 0 Å². The molecule has 2 heterocycles. The monoisotopic (exact) mass is 280 g/mol. The fourth-order valence-corrected chi connectivity index (χ4v) is 2.08. The molecule has 0 bridgehead atoms. The molecule has 0 saturated carbocycles. The lowest BCUT2D eigenvalue weighted by atomic mass is 10.1. The van der Waals surface area contributed by atoms with Crippen LogP contribution >= 0.6 is 0 Å². The van der Waals surface area contributed by atoms with Crippen LogP contribution in [0.3, 0.4) is 0 Å². The lowest BCUT2D eigenvalue weighted by Gasteiger charge is -2.04. The summed E-state index contributed by atoms with van der Waals surface area (Å²) in [6.07, 6.45) is 3.72. The number of nitrogens with zero attached hydrogens (tertiary/aromatic N) is 3. The quantitative estimate of drug-likeness (QED) is 0.746. The van der Waals surface area contributed by atoms with Crippen LogP contribution in [0.4, 0.5) is 5.69 Å². The van der Waals surface area contributed by atoms with E-state index >= 15 is 0 Å². The molecule has 5 nitrogen and oxygen atoms in total. The van der Waals surface area contributed by atoms with Crippen molar-refractivity contribution in [3.63, 3.8) is 0 Å². The maximum absolute atomic E-state index is 5.81. The number of pyridine rings is 1. The fraction of sp³-hybridized carbons (Fsp3) is 0.125. The largest absolute Gasteiger partial charge is 0.478 e. The number of nitrogen functional groups attached to an aromatic ring is 1. The number of hydrogen-bond acceptors (Lipinski definition) is 4. The van der Waals surface area contributed by atoms with E-state index in [0.29, 0.717) is 12.5 Å². The second-order valence-electron chi connectivity index (χ2n) is 4.57. The lowest BCUT2D eigenvalue weighted by Crippen LogP contribution is -2.00. The van der Waals surface area contributed by atoms with Crippen LogP contribution < -0.4 is 10.5 Å². The first-order chi connectivity index (χ1) is 10.3. The van der Waals surface area contributed by atoms with Crippen molar-refractivity contribution in [3.8, 4) is 22.8 Å². The predicted octanol–water partition coefficient (Wildman–Crippen LogP) is 2.92. The Morgan fingerprint density at radius 3 is 2.81 bits per heavy atom. The highest BCUT2D eigenvalue weighted by Crippen LogP contribution is 2.22. The minimum atomic E-state index is 0.587. The van der Waals surface area contributed by atoms with Crippen LogP contribution in [0.5, 0.6) is 5.88 Å². The molecule has 2 N–H and O–H groups in total. The Bertz CT molecular complexity index is 751. The zero-order valence-electron chi connectivity index (χ0n) is 11.7. The van der Waals surface area contributed by atoms with Crippen LogP contribution in [-0.2, 0) is 0 Å². The van der Waals surface area contributed by atoms with Gasteiger partial charge in [0.1, 0.15) is 0 Å². The lowest BCUT2D eigenvalue weighted by molar-refractivity contribution is 0.326. The van der Waals surface area contributed by atoms with E-state index in [4.69, 9.17) is 10.5 Å². The molecule has 0 atom stereocenters. The number of aromatic nitrogens is 3. The third-order valence-electron chi connectivity index (χ3n) is 3.04. The third-order valence-corrected chi connectivity index (χ3v) is 3.04. The molecular formula is C16H16N4O. The number of benzene rings is 1. The average Bonchev–Trinajstić information content (AvgIpc) is 2.98. The summed E-state index contributed by atoms with van der Waals surface area (Å²) in [6, 6.07) is 13.3. The molecule has 0 radical (unpaired) electrons. The second kappa shape index (κ2) is 5.66. The number of anilines is 1. The molecule has 21 heavy (non-hydrogen) atoms. The summed E-state index contributed by atoms with van der Waals surface area (Å²) in [5.74, 6) is 1.31. The van der Waals surface area contributed by atoms with E-state index in [2.05, 4.69) is 10.1 Å². The SMILES string of the molecule is CCOc1cccc(-n2cc(-c3cccc(N)c3)cn2)n1. The molecule has 3 aromatic rings. The highest BCUT2D eigenvalue weighted by Gasteiger charge is 2.05. The van der Waals surface area contributed by atoms with Gasteiger partial charge in [0.2, 0.25) is 5.88 Å². The van der Waals surface area contributed by atoms with E-state index in [1.54, 1.807) is 10.9 Å². The topological polar surface area (TPSA) is 66.0 Å². The van der Waals surface area contributed by atoms with Crippen LogP contribution in [0.1, 0.15) is 6.92 Å². The van der Waals surface area contributed by atoms with Crippen molar-refractivity contribution in [2.45, 2.75) is 6.92 Å². The zero-order chi connectivity index (χ0) is 14.7. The first kappa shape index (κ1) is 13.2. The number of hydrogen-bond donors (Lipinski definition) is 1. The minimum absolute atomic E-state index is 0.587. The van der Waals surface area contributed by atoms with Gasteiger partial charge >= 0.3 is 0 Å². The summed E-state index contributed by atoms with van der Waals surface area (Å²) in [7, 11) is 0. The first-order valence-electron chi connectivity index (χ1n) is 6.77. The normalized spacial score (nSPS) is 10.5. The molecule has 0 fully saturated rings. The molecule has 2 aromatic heterocycles. The maximum atomic E-state index is 5.81. The van der Waals surface area contributed by atoms with Gasteiger partial charge in [-0.2, -0.15) is 10.1 Å². The molecule has 3 rings (SSSR count). The van der Waals surface area contributed by atoms with Gasteiger partial charge in [-0.25, -0.2) is 4.68 Å². The van der Waals surface area contributed by atoms with Crippen LogP contribution in [0, 0.1) is 0 Å². The standard InChI is InChI=1S/C16H16N4O/c1-2-21-16-8-4-7-15(19-16)20-11-13(10-18-20)12-5-3-6-14(17)9-12/h3-11H,2,17H2,1H3. The van der Waals surface area contributed by atoms with Gasteiger partial charge in [-0.15, -0.1) is 0 Å².